The lowest BCUT2D eigenvalue weighted by Gasteiger charge is -2.33. The zero-order valence-corrected chi connectivity index (χ0v) is 11.3. The van der Waals surface area contributed by atoms with E-state index in [-0.39, 0.29) is 0 Å². The van der Waals surface area contributed by atoms with Crippen molar-refractivity contribution < 1.29 is 0 Å². The maximum absolute atomic E-state index is 3.20. The van der Waals surface area contributed by atoms with Crippen molar-refractivity contribution in [3.63, 3.8) is 0 Å². The molecule has 1 N–H and O–H groups in total. The molecule has 1 heterocycles. The smallest absolute Gasteiger partial charge is 0.0104 e. The van der Waals surface area contributed by atoms with Gasteiger partial charge in [-0.05, 0) is 73.0 Å². The van der Waals surface area contributed by atoms with Crippen molar-refractivity contribution >= 4 is 0 Å². The predicted molar refractivity (Wildman–Crippen MR) is 70.9 cm³/mol. The summed E-state index contributed by atoms with van der Waals surface area (Å²) >= 11 is 0. The third kappa shape index (κ3) is 5.28. The number of likely N-dealkylation sites (tertiary alicyclic amines) is 1. The standard InChI is InChI=1S/C13H29N3/c1-14-9-6-10-15(2)12-8-13-7-4-5-11-16(13)3/h13-14H,4-12H2,1-3H3. The summed E-state index contributed by atoms with van der Waals surface area (Å²) in [5, 5.41) is 3.20. The summed E-state index contributed by atoms with van der Waals surface area (Å²) in [6.45, 7) is 4.90. The molecule has 1 fully saturated rings. The Morgan fingerprint density at radius 3 is 2.81 bits per heavy atom. The van der Waals surface area contributed by atoms with Gasteiger partial charge in [0.15, 0.2) is 0 Å². The van der Waals surface area contributed by atoms with Crippen molar-refractivity contribution in [2.75, 3.05) is 47.3 Å². The van der Waals surface area contributed by atoms with E-state index in [0.29, 0.717) is 0 Å². The fourth-order valence-corrected chi connectivity index (χ4v) is 2.52. The maximum Gasteiger partial charge on any atom is 0.0104 e. The molecule has 3 heteroatoms. The quantitative estimate of drug-likeness (QED) is 0.663. The van der Waals surface area contributed by atoms with Crippen molar-refractivity contribution in [3.05, 3.63) is 0 Å². The Kier molecular flexibility index (Phi) is 7.01. The van der Waals surface area contributed by atoms with Gasteiger partial charge in [-0.25, -0.2) is 0 Å². The lowest BCUT2D eigenvalue weighted by molar-refractivity contribution is 0.160. The Hall–Kier alpha value is -0.120. The minimum atomic E-state index is 0.834. The molecule has 1 aliphatic heterocycles. The lowest BCUT2D eigenvalue weighted by Crippen LogP contribution is -2.38. The van der Waals surface area contributed by atoms with Crippen LogP contribution in [0.3, 0.4) is 0 Å². The van der Waals surface area contributed by atoms with Crippen LogP contribution < -0.4 is 5.32 Å². The van der Waals surface area contributed by atoms with Gasteiger partial charge < -0.3 is 15.1 Å². The first-order valence-corrected chi connectivity index (χ1v) is 6.77. The van der Waals surface area contributed by atoms with E-state index in [4.69, 9.17) is 0 Å². The van der Waals surface area contributed by atoms with Gasteiger partial charge in [0.05, 0.1) is 0 Å². The Morgan fingerprint density at radius 2 is 2.12 bits per heavy atom. The molecule has 0 spiro atoms. The maximum atomic E-state index is 3.20. The Morgan fingerprint density at radius 1 is 1.31 bits per heavy atom. The normalized spacial score (nSPS) is 22.9. The van der Waals surface area contributed by atoms with Gasteiger partial charge in [-0.1, -0.05) is 6.42 Å². The van der Waals surface area contributed by atoms with Gasteiger partial charge >= 0.3 is 0 Å². The molecule has 0 aromatic carbocycles. The van der Waals surface area contributed by atoms with Crippen LogP contribution in [0.25, 0.3) is 0 Å². The van der Waals surface area contributed by atoms with E-state index in [1.165, 1.54) is 51.7 Å². The van der Waals surface area contributed by atoms with Gasteiger partial charge in [0.2, 0.25) is 0 Å². The third-order valence-electron chi connectivity index (χ3n) is 3.73. The molecule has 3 nitrogen and oxygen atoms in total. The summed E-state index contributed by atoms with van der Waals surface area (Å²) in [5.74, 6) is 0. The summed E-state index contributed by atoms with van der Waals surface area (Å²) in [6.07, 6.45) is 6.82. The van der Waals surface area contributed by atoms with E-state index in [0.717, 1.165) is 12.6 Å². The molecule has 0 amide bonds. The van der Waals surface area contributed by atoms with Gasteiger partial charge in [0.25, 0.3) is 0 Å². The van der Waals surface area contributed by atoms with Crippen molar-refractivity contribution in [3.8, 4) is 0 Å². The third-order valence-corrected chi connectivity index (χ3v) is 3.73. The van der Waals surface area contributed by atoms with E-state index in [9.17, 15) is 0 Å². The number of piperidine rings is 1. The molecule has 1 rings (SSSR count). The number of hydrogen-bond donors (Lipinski definition) is 1. The van der Waals surface area contributed by atoms with Crippen molar-refractivity contribution in [2.24, 2.45) is 0 Å². The van der Waals surface area contributed by atoms with Gasteiger partial charge in [0, 0.05) is 6.04 Å². The van der Waals surface area contributed by atoms with E-state index in [2.05, 4.69) is 29.2 Å². The van der Waals surface area contributed by atoms with Crippen LogP contribution in [0, 0.1) is 0 Å². The summed E-state index contributed by atoms with van der Waals surface area (Å²) in [7, 11) is 6.56. The van der Waals surface area contributed by atoms with Gasteiger partial charge in [0.1, 0.15) is 0 Å². The zero-order chi connectivity index (χ0) is 11.8. The SMILES string of the molecule is CNCCCN(C)CCC1CCCCN1C. The second kappa shape index (κ2) is 8.04. The molecule has 1 atom stereocenters. The van der Waals surface area contributed by atoms with Crippen molar-refractivity contribution in [1.29, 1.82) is 0 Å². The fraction of sp³-hybridized carbons (Fsp3) is 1.00. The van der Waals surface area contributed by atoms with Crippen LogP contribution in [0.15, 0.2) is 0 Å². The molecule has 0 saturated carbocycles. The van der Waals surface area contributed by atoms with Crippen LogP contribution >= 0.6 is 0 Å². The number of nitrogens with one attached hydrogen (secondary N) is 1. The first kappa shape index (κ1) is 13.9. The highest BCUT2D eigenvalue weighted by Gasteiger charge is 2.18. The molecular formula is C13H29N3. The minimum Gasteiger partial charge on any atom is -0.320 e. The zero-order valence-electron chi connectivity index (χ0n) is 11.3. The second-order valence-electron chi connectivity index (χ2n) is 5.18. The highest BCUT2D eigenvalue weighted by atomic mass is 15.1. The average molecular weight is 227 g/mol. The minimum absolute atomic E-state index is 0.834. The van der Waals surface area contributed by atoms with E-state index in [1.807, 2.05) is 7.05 Å². The van der Waals surface area contributed by atoms with Crippen LogP contribution in [0.2, 0.25) is 0 Å². The molecule has 16 heavy (non-hydrogen) atoms. The van der Waals surface area contributed by atoms with Gasteiger partial charge in [-0.2, -0.15) is 0 Å². The highest BCUT2D eigenvalue weighted by molar-refractivity contribution is 4.75. The van der Waals surface area contributed by atoms with Crippen LogP contribution in [0.4, 0.5) is 0 Å². The van der Waals surface area contributed by atoms with Crippen molar-refractivity contribution in [2.45, 2.75) is 38.1 Å². The fourth-order valence-electron chi connectivity index (χ4n) is 2.52. The Labute approximate surface area is 101 Å². The van der Waals surface area contributed by atoms with E-state index in [1.54, 1.807) is 0 Å². The van der Waals surface area contributed by atoms with Crippen molar-refractivity contribution in [1.82, 2.24) is 15.1 Å². The van der Waals surface area contributed by atoms with E-state index >= 15 is 0 Å². The molecule has 96 valence electrons. The molecular weight excluding hydrogens is 198 g/mol. The average Bonchev–Trinajstić information content (AvgIpc) is 2.28. The van der Waals surface area contributed by atoms with E-state index < -0.39 is 0 Å². The molecule has 1 aliphatic rings. The topological polar surface area (TPSA) is 18.5 Å². The predicted octanol–water partition coefficient (Wildman–Crippen LogP) is 1.40. The molecule has 0 bridgehead atoms. The van der Waals surface area contributed by atoms with Crippen LogP contribution in [-0.2, 0) is 0 Å². The first-order chi connectivity index (χ1) is 7.74. The van der Waals surface area contributed by atoms with Crippen LogP contribution in [0.1, 0.15) is 32.1 Å². The highest BCUT2D eigenvalue weighted by Crippen LogP contribution is 2.17. The molecule has 0 radical (unpaired) electrons. The molecule has 0 aliphatic carbocycles. The Bertz CT molecular complexity index is 173. The molecule has 0 aromatic rings. The largest absolute Gasteiger partial charge is 0.320 e. The summed E-state index contributed by atoms with van der Waals surface area (Å²) in [6, 6.07) is 0.834. The summed E-state index contributed by atoms with van der Waals surface area (Å²) < 4.78 is 0. The second-order valence-corrected chi connectivity index (χ2v) is 5.18. The molecule has 1 unspecified atom stereocenters. The number of rotatable bonds is 7. The summed E-state index contributed by atoms with van der Waals surface area (Å²) in [5.41, 5.74) is 0. The van der Waals surface area contributed by atoms with Gasteiger partial charge in [-0.15, -0.1) is 0 Å². The molecule has 1 saturated heterocycles. The number of hydrogen-bond acceptors (Lipinski definition) is 3. The van der Waals surface area contributed by atoms with Gasteiger partial charge in [-0.3, -0.25) is 0 Å². The monoisotopic (exact) mass is 227 g/mol. The first-order valence-electron chi connectivity index (χ1n) is 6.77. The van der Waals surface area contributed by atoms with Crippen LogP contribution in [-0.4, -0.2) is 63.2 Å². The summed E-state index contributed by atoms with van der Waals surface area (Å²) in [4.78, 5) is 5.02. The lowest BCUT2D eigenvalue weighted by atomic mass is 10.00. The Balaban J connectivity index is 2.07. The number of nitrogens with zero attached hydrogens (tertiary/aromatic N) is 2. The van der Waals surface area contributed by atoms with Crippen LogP contribution in [0.5, 0.6) is 0 Å². The molecule has 0 aromatic heterocycles.